The van der Waals surface area contributed by atoms with Gasteiger partial charge in [-0.05, 0) is 18.1 Å². The van der Waals surface area contributed by atoms with Crippen LogP contribution in [0.5, 0.6) is 0 Å². The van der Waals surface area contributed by atoms with E-state index in [2.05, 4.69) is 33.9 Å². The van der Waals surface area contributed by atoms with Crippen LogP contribution in [0, 0.1) is 0 Å². The third-order valence-corrected chi connectivity index (χ3v) is 9.18. The van der Waals surface area contributed by atoms with Crippen LogP contribution < -0.4 is 0 Å². The molecule has 0 radical (unpaired) electrons. The SMILES string of the molecule is CC(C)(C)[Si](C)(C)OCCO[C@H]1CO[C@@H](c2ccccc2)OC1. The monoisotopic (exact) mass is 338 g/mol. The highest BCUT2D eigenvalue weighted by Crippen LogP contribution is 2.36. The van der Waals surface area contributed by atoms with Crippen LogP contribution in [-0.2, 0) is 18.6 Å². The first-order valence-corrected chi connectivity index (χ1v) is 11.2. The van der Waals surface area contributed by atoms with Crippen LogP contribution in [0.15, 0.2) is 30.3 Å². The maximum Gasteiger partial charge on any atom is 0.192 e. The molecule has 0 aromatic heterocycles. The lowest BCUT2D eigenvalue weighted by atomic mass is 10.2. The molecule has 0 bridgehead atoms. The largest absolute Gasteiger partial charge is 0.414 e. The molecule has 1 fully saturated rings. The molecule has 1 saturated heterocycles. The fourth-order valence-electron chi connectivity index (χ4n) is 2.11. The molecule has 1 aliphatic heterocycles. The molecule has 23 heavy (non-hydrogen) atoms. The number of ether oxygens (including phenoxy) is 3. The van der Waals surface area contributed by atoms with E-state index in [-0.39, 0.29) is 17.4 Å². The van der Waals surface area contributed by atoms with Crippen molar-refractivity contribution in [1.82, 2.24) is 0 Å². The van der Waals surface area contributed by atoms with Crippen LogP contribution in [-0.4, -0.2) is 40.8 Å². The van der Waals surface area contributed by atoms with E-state index >= 15 is 0 Å². The van der Waals surface area contributed by atoms with Crippen LogP contribution in [0.4, 0.5) is 0 Å². The molecule has 1 heterocycles. The van der Waals surface area contributed by atoms with Gasteiger partial charge >= 0.3 is 0 Å². The molecule has 0 atom stereocenters. The molecule has 0 aliphatic carbocycles. The third kappa shape index (κ3) is 5.40. The summed E-state index contributed by atoms with van der Waals surface area (Å²) >= 11 is 0. The quantitative estimate of drug-likeness (QED) is 0.577. The van der Waals surface area contributed by atoms with Gasteiger partial charge < -0.3 is 18.6 Å². The van der Waals surface area contributed by atoms with Crippen molar-refractivity contribution in [1.29, 1.82) is 0 Å². The molecule has 1 aliphatic rings. The lowest BCUT2D eigenvalue weighted by molar-refractivity contribution is -0.231. The van der Waals surface area contributed by atoms with Gasteiger partial charge in [-0.1, -0.05) is 51.1 Å². The second-order valence-electron chi connectivity index (χ2n) is 7.51. The van der Waals surface area contributed by atoms with Crippen molar-refractivity contribution in [2.45, 2.75) is 51.3 Å². The molecule has 0 spiro atoms. The summed E-state index contributed by atoms with van der Waals surface area (Å²) in [7, 11) is -1.69. The summed E-state index contributed by atoms with van der Waals surface area (Å²) in [4.78, 5) is 0. The Balaban J connectivity index is 1.66. The van der Waals surface area contributed by atoms with Gasteiger partial charge in [0.05, 0.1) is 26.4 Å². The van der Waals surface area contributed by atoms with Gasteiger partial charge in [0.15, 0.2) is 14.6 Å². The number of hydrogen-bond donors (Lipinski definition) is 0. The molecule has 1 aromatic rings. The van der Waals surface area contributed by atoms with Gasteiger partial charge in [-0.2, -0.15) is 0 Å². The Morgan fingerprint density at radius 2 is 1.65 bits per heavy atom. The van der Waals surface area contributed by atoms with Crippen LogP contribution in [0.25, 0.3) is 0 Å². The lowest BCUT2D eigenvalue weighted by Gasteiger charge is -2.36. The smallest absolute Gasteiger partial charge is 0.192 e. The Bertz CT molecular complexity index is 462. The Hall–Kier alpha value is -0.723. The summed E-state index contributed by atoms with van der Waals surface area (Å²) in [5, 5.41) is 0.229. The molecule has 2 rings (SSSR count). The Morgan fingerprint density at radius 1 is 1.04 bits per heavy atom. The van der Waals surface area contributed by atoms with Crippen molar-refractivity contribution in [3.8, 4) is 0 Å². The second kappa shape index (κ2) is 7.90. The first-order valence-electron chi connectivity index (χ1n) is 8.33. The summed E-state index contributed by atoms with van der Waals surface area (Å²) < 4.78 is 23.4. The van der Waals surface area contributed by atoms with Gasteiger partial charge in [0.1, 0.15) is 6.10 Å². The van der Waals surface area contributed by atoms with Gasteiger partial charge in [-0.3, -0.25) is 0 Å². The van der Waals surface area contributed by atoms with Crippen LogP contribution in [0.2, 0.25) is 18.1 Å². The molecule has 4 nitrogen and oxygen atoms in total. The molecular formula is C18H30O4Si. The van der Waals surface area contributed by atoms with E-state index in [1.165, 1.54) is 0 Å². The highest BCUT2D eigenvalue weighted by molar-refractivity contribution is 6.74. The molecule has 130 valence electrons. The minimum absolute atomic E-state index is 0.0158. The van der Waals surface area contributed by atoms with Gasteiger partial charge in [0.2, 0.25) is 0 Å². The molecule has 0 unspecified atom stereocenters. The summed E-state index contributed by atoms with van der Waals surface area (Å²) in [5.74, 6) is 0. The molecule has 0 N–H and O–H groups in total. The van der Waals surface area contributed by atoms with Gasteiger partial charge in [-0.15, -0.1) is 0 Å². The van der Waals surface area contributed by atoms with Gasteiger partial charge in [0.25, 0.3) is 0 Å². The Kier molecular flexibility index (Phi) is 6.39. The number of hydrogen-bond acceptors (Lipinski definition) is 4. The van der Waals surface area contributed by atoms with Crippen LogP contribution in [0.1, 0.15) is 32.6 Å². The van der Waals surface area contributed by atoms with E-state index < -0.39 is 8.32 Å². The van der Waals surface area contributed by atoms with E-state index in [9.17, 15) is 0 Å². The second-order valence-corrected chi connectivity index (χ2v) is 12.3. The topological polar surface area (TPSA) is 36.9 Å². The van der Waals surface area contributed by atoms with E-state index in [0.717, 1.165) is 5.56 Å². The highest BCUT2D eigenvalue weighted by atomic mass is 28.4. The fourth-order valence-corrected chi connectivity index (χ4v) is 3.14. The average Bonchev–Trinajstić information content (AvgIpc) is 2.52. The molecular weight excluding hydrogens is 308 g/mol. The van der Waals surface area contributed by atoms with Crippen molar-refractivity contribution in [2.24, 2.45) is 0 Å². The van der Waals surface area contributed by atoms with E-state index in [0.29, 0.717) is 26.4 Å². The Labute approximate surface area is 141 Å². The maximum absolute atomic E-state index is 6.11. The predicted molar refractivity (Wildman–Crippen MR) is 94.0 cm³/mol. The molecule has 5 heteroatoms. The third-order valence-electron chi connectivity index (χ3n) is 4.64. The molecule has 1 aromatic carbocycles. The first-order chi connectivity index (χ1) is 10.8. The minimum Gasteiger partial charge on any atom is -0.414 e. The summed E-state index contributed by atoms with van der Waals surface area (Å²) in [6, 6.07) is 9.99. The van der Waals surface area contributed by atoms with E-state index in [4.69, 9.17) is 18.6 Å². The summed E-state index contributed by atoms with van der Waals surface area (Å²) in [6.45, 7) is 13.6. The zero-order valence-electron chi connectivity index (χ0n) is 15.0. The van der Waals surface area contributed by atoms with Crippen molar-refractivity contribution in [2.75, 3.05) is 26.4 Å². The molecule has 0 saturated carbocycles. The van der Waals surface area contributed by atoms with Crippen molar-refractivity contribution in [3.63, 3.8) is 0 Å². The van der Waals surface area contributed by atoms with Crippen molar-refractivity contribution < 1.29 is 18.6 Å². The van der Waals surface area contributed by atoms with Gasteiger partial charge in [-0.25, -0.2) is 0 Å². The first kappa shape index (κ1) is 18.6. The molecule has 0 amide bonds. The van der Waals surface area contributed by atoms with E-state index in [1.807, 2.05) is 30.3 Å². The summed E-state index contributed by atoms with van der Waals surface area (Å²) in [6.07, 6.45) is -0.294. The Morgan fingerprint density at radius 3 is 2.22 bits per heavy atom. The number of rotatable bonds is 6. The lowest BCUT2D eigenvalue weighted by Crippen LogP contribution is -2.42. The van der Waals surface area contributed by atoms with Gasteiger partial charge in [0, 0.05) is 5.56 Å². The van der Waals surface area contributed by atoms with Crippen LogP contribution in [0.3, 0.4) is 0 Å². The standard InChI is InChI=1S/C18H30O4Si/c1-18(2,3)23(4,5)22-12-11-19-16-13-20-17(21-14-16)15-9-7-6-8-10-15/h6-10,16-17H,11-14H2,1-5H3/t16-,17+. The normalized spacial score (nSPS) is 23.0. The number of benzene rings is 1. The van der Waals surface area contributed by atoms with Crippen molar-refractivity contribution in [3.05, 3.63) is 35.9 Å². The predicted octanol–water partition coefficient (Wildman–Crippen LogP) is 4.14. The summed E-state index contributed by atoms with van der Waals surface area (Å²) in [5.41, 5.74) is 1.05. The fraction of sp³-hybridized carbons (Fsp3) is 0.667. The van der Waals surface area contributed by atoms with E-state index in [1.54, 1.807) is 0 Å². The average molecular weight is 339 g/mol. The zero-order valence-corrected chi connectivity index (χ0v) is 16.0. The highest BCUT2D eigenvalue weighted by Gasteiger charge is 2.37. The zero-order chi connectivity index (χ0) is 16.9. The van der Waals surface area contributed by atoms with Crippen molar-refractivity contribution >= 4 is 8.32 Å². The minimum atomic E-state index is -1.69. The van der Waals surface area contributed by atoms with Crippen LogP contribution >= 0.6 is 0 Å². The maximum atomic E-state index is 6.11.